The van der Waals surface area contributed by atoms with Gasteiger partial charge in [-0.3, -0.25) is 0 Å². The average Bonchev–Trinajstić information content (AvgIpc) is 2.34. The third-order valence-corrected chi connectivity index (χ3v) is 3.11. The van der Waals surface area contributed by atoms with Gasteiger partial charge in [-0.2, -0.15) is 0 Å². The van der Waals surface area contributed by atoms with Gasteiger partial charge in [-0.15, -0.1) is 0 Å². The number of halogens is 1. The highest BCUT2D eigenvalue weighted by Crippen LogP contribution is 2.30. The topological polar surface area (TPSA) is 35.2 Å². The summed E-state index contributed by atoms with van der Waals surface area (Å²) in [5, 5.41) is 0.628. The summed E-state index contributed by atoms with van der Waals surface area (Å²) < 4.78 is 5.88. The standard InChI is InChI=1S/C15H16ClNO/c1-10-3-8-14(16)15(9-10)18-11(2)12-4-6-13(17)7-5-12/h3-9,11H,17H2,1-2H3. The van der Waals surface area contributed by atoms with Gasteiger partial charge in [-0.25, -0.2) is 0 Å². The quantitative estimate of drug-likeness (QED) is 0.833. The van der Waals surface area contributed by atoms with Crippen molar-refractivity contribution in [3.05, 3.63) is 58.6 Å². The molecule has 2 rings (SSSR count). The van der Waals surface area contributed by atoms with Gasteiger partial charge in [0.05, 0.1) is 5.02 Å². The predicted octanol–water partition coefficient (Wildman–Crippen LogP) is 4.37. The van der Waals surface area contributed by atoms with E-state index >= 15 is 0 Å². The van der Waals surface area contributed by atoms with Crippen LogP contribution in [0.4, 0.5) is 5.69 Å². The number of ether oxygens (including phenoxy) is 1. The molecule has 0 saturated carbocycles. The molecular weight excluding hydrogens is 246 g/mol. The molecule has 0 aromatic heterocycles. The first-order chi connectivity index (χ1) is 8.56. The molecule has 1 atom stereocenters. The van der Waals surface area contributed by atoms with E-state index in [-0.39, 0.29) is 6.10 Å². The van der Waals surface area contributed by atoms with Crippen molar-refractivity contribution in [2.24, 2.45) is 0 Å². The molecule has 0 spiro atoms. The second-order valence-corrected chi connectivity index (χ2v) is 4.77. The maximum absolute atomic E-state index is 6.11. The van der Waals surface area contributed by atoms with E-state index in [2.05, 4.69) is 0 Å². The van der Waals surface area contributed by atoms with Crippen LogP contribution in [-0.2, 0) is 0 Å². The van der Waals surface area contributed by atoms with Gasteiger partial charge in [0.1, 0.15) is 11.9 Å². The lowest BCUT2D eigenvalue weighted by Crippen LogP contribution is -2.03. The van der Waals surface area contributed by atoms with Crippen molar-refractivity contribution >= 4 is 17.3 Å². The van der Waals surface area contributed by atoms with Crippen LogP contribution >= 0.6 is 11.6 Å². The summed E-state index contributed by atoms with van der Waals surface area (Å²) in [6, 6.07) is 13.4. The maximum Gasteiger partial charge on any atom is 0.139 e. The normalized spacial score (nSPS) is 12.2. The number of benzene rings is 2. The lowest BCUT2D eigenvalue weighted by molar-refractivity contribution is 0.227. The van der Waals surface area contributed by atoms with Gasteiger partial charge in [0, 0.05) is 5.69 Å². The third kappa shape index (κ3) is 2.96. The van der Waals surface area contributed by atoms with Crippen LogP contribution in [0.25, 0.3) is 0 Å². The molecule has 0 radical (unpaired) electrons. The molecule has 0 aliphatic heterocycles. The Morgan fingerprint density at radius 2 is 1.78 bits per heavy atom. The molecule has 0 aliphatic carbocycles. The molecule has 2 aromatic carbocycles. The molecule has 0 aliphatic rings. The number of nitrogens with two attached hydrogens (primary N) is 1. The van der Waals surface area contributed by atoms with Crippen LogP contribution < -0.4 is 10.5 Å². The number of anilines is 1. The van der Waals surface area contributed by atoms with E-state index in [4.69, 9.17) is 22.1 Å². The van der Waals surface area contributed by atoms with E-state index in [1.807, 2.05) is 56.3 Å². The molecule has 3 heteroatoms. The van der Waals surface area contributed by atoms with Crippen molar-refractivity contribution < 1.29 is 4.74 Å². The molecule has 18 heavy (non-hydrogen) atoms. The zero-order valence-electron chi connectivity index (χ0n) is 10.5. The molecule has 0 heterocycles. The molecule has 1 unspecified atom stereocenters. The van der Waals surface area contributed by atoms with Crippen LogP contribution in [0.5, 0.6) is 5.75 Å². The number of hydrogen-bond donors (Lipinski definition) is 1. The van der Waals surface area contributed by atoms with Gasteiger partial charge in [0.15, 0.2) is 0 Å². The highest BCUT2D eigenvalue weighted by Gasteiger charge is 2.09. The number of aryl methyl sites for hydroxylation is 1. The van der Waals surface area contributed by atoms with Gasteiger partial charge in [0.25, 0.3) is 0 Å². The van der Waals surface area contributed by atoms with Crippen molar-refractivity contribution in [3.63, 3.8) is 0 Å². The Bertz CT molecular complexity index is 537. The van der Waals surface area contributed by atoms with Gasteiger partial charge in [0.2, 0.25) is 0 Å². The van der Waals surface area contributed by atoms with Crippen molar-refractivity contribution in [2.45, 2.75) is 20.0 Å². The highest BCUT2D eigenvalue weighted by atomic mass is 35.5. The Balaban J connectivity index is 2.18. The third-order valence-electron chi connectivity index (χ3n) is 2.80. The first kappa shape index (κ1) is 12.8. The summed E-state index contributed by atoms with van der Waals surface area (Å²) in [7, 11) is 0. The van der Waals surface area contributed by atoms with E-state index in [1.165, 1.54) is 0 Å². The Labute approximate surface area is 112 Å². The molecule has 2 aromatic rings. The van der Waals surface area contributed by atoms with E-state index in [1.54, 1.807) is 0 Å². The molecular formula is C15H16ClNO. The zero-order valence-corrected chi connectivity index (χ0v) is 11.2. The Morgan fingerprint density at radius 3 is 2.44 bits per heavy atom. The lowest BCUT2D eigenvalue weighted by atomic mass is 10.1. The SMILES string of the molecule is Cc1ccc(Cl)c(OC(C)c2ccc(N)cc2)c1. The molecule has 94 valence electrons. The summed E-state index contributed by atoms with van der Waals surface area (Å²) >= 11 is 6.11. The smallest absolute Gasteiger partial charge is 0.139 e. The van der Waals surface area contributed by atoms with E-state index < -0.39 is 0 Å². The van der Waals surface area contributed by atoms with Crippen LogP contribution in [0.3, 0.4) is 0 Å². The first-order valence-electron chi connectivity index (χ1n) is 5.84. The summed E-state index contributed by atoms with van der Waals surface area (Å²) in [4.78, 5) is 0. The predicted molar refractivity (Wildman–Crippen MR) is 76.1 cm³/mol. The molecule has 2 nitrogen and oxygen atoms in total. The Hall–Kier alpha value is -1.67. The molecule has 2 N–H and O–H groups in total. The minimum Gasteiger partial charge on any atom is -0.484 e. The van der Waals surface area contributed by atoms with Crippen molar-refractivity contribution in [2.75, 3.05) is 5.73 Å². The van der Waals surface area contributed by atoms with E-state index in [0.717, 1.165) is 16.8 Å². The van der Waals surface area contributed by atoms with Crippen molar-refractivity contribution in [1.82, 2.24) is 0 Å². The van der Waals surface area contributed by atoms with Crippen molar-refractivity contribution in [3.8, 4) is 5.75 Å². The van der Waals surface area contributed by atoms with Crippen molar-refractivity contribution in [1.29, 1.82) is 0 Å². The molecule has 0 amide bonds. The number of nitrogen functional groups attached to an aromatic ring is 1. The maximum atomic E-state index is 6.11. The van der Waals surface area contributed by atoms with Gasteiger partial charge >= 0.3 is 0 Å². The lowest BCUT2D eigenvalue weighted by Gasteiger charge is -2.16. The molecule has 0 fully saturated rings. The van der Waals surface area contributed by atoms with Crippen LogP contribution in [-0.4, -0.2) is 0 Å². The molecule has 0 bridgehead atoms. The van der Waals surface area contributed by atoms with E-state index in [0.29, 0.717) is 10.8 Å². The summed E-state index contributed by atoms with van der Waals surface area (Å²) in [6.45, 7) is 4.00. The Kier molecular flexibility index (Phi) is 3.78. The summed E-state index contributed by atoms with van der Waals surface area (Å²) in [6.07, 6.45) is -0.0649. The Morgan fingerprint density at radius 1 is 1.11 bits per heavy atom. The summed E-state index contributed by atoms with van der Waals surface area (Å²) in [5.41, 5.74) is 8.61. The number of hydrogen-bond acceptors (Lipinski definition) is 2. The van der Waals surface area contributed by atoms with Crippen LogP contribution in [0, 0.1) is 6.92 Å². The first-order valence-corrected chi connectivity index (χ1v) is 6.22. The fourth-order valence-electron chi connectivity index (χ4n) is 1.73. The minimum absolute atomic E-state index is 0.0649. The highest BCUT2D eigenvalue weighted by molar-refractivity contribution is 6.32. The monoisotopic (exact) mass is 261 g/mol. The van der Waals surface area contributed by atoms with Crippen LogP contribution in [0.15, 0.2) is 42.5 Å². The average molecular weight is 262 g/mol. The number of rotatable bonds is 3. The van der Waals surface area contributed by atoms with Crippen LogP contribution in [0.1, 0.15) is 24.2 Å². The minimum atomic E-state index is -0.0649. The largest absolute Gasteiger partial charge is 0.484 e. The van der Waals surface area contributed by atoms with Gasteiger partial charge < -0.3 is 10.5 Å². The fraction of sp³-hybridized carbons (Fsp3) is 0.200. The second-order valence-electron chi connectivity index (χ2n) is 4.36. The van der Waals surface area contributed by atoms with Gasteiger partial charge in [-0.05, 0) is 49.2 Å². The fourth-order valence-corrected chi connectivity index (χ4v) is 1.89. The van der Waals surface area contributed by atoms with Crippen LogP contribution in [0.2, 0.25) is 5.02 Å². The zero-order chi connectivity index (χ0) is 13.1. The van der Waals surface area contributed by atoms with E-state index in [9.17, 15) is 0 Å². The molecule has 0 saturated heterocycles. The second kappa shape index (κ2) is 5.32. The summed E-state index contributed by atoms with van der Waals surface area (Å²) in [5.74, 6) is 0.709. The van der Waals surface area contributed by atoms with Gasteiger partial charge in [-0.1, -0.05) is 29.8 Å².